The predicted octanol–water partition coefficient (Wildman–Crippen LogP) is 5.41. The number of aliphatic imine (C=N–C) groups is 2. The fourth-order valence-electron chi connectivity index (χ4n) is 6.66. The number of nitrogens with zero attached hydrogens (tertiary/aromatic N) is 4. The van der Waals surface area contributed by atoms with E-state index in [0.29, 0.717) is 32.1 Å². The quantitative estimate of drug-likeness (QED) is 0.500. The highest BCUT2D eigenvalue weighted by atomic mass is 19.4. The summed E-state index contributed by atoms with van der Waals surface area (Å²) < 4.78 is 65.6. The highest BCUT2D eigenvalue weighted by Crippen LogP contribution is 2.39. The zero-order chi connectivity index (χ0) is 26.2. The summed E-state index contributed by atoms with van der Waals surface area (Å²) in [6.45, 7) is 5.46. The van der Waals surface area contributed by atoms with E-state index in [0.717, 1.165) is 49.8 Å². The van der Waals surface area contributed by atoms with Gasteiger partial charge in [-0.05, 0) is 57.4 Å². The molecule has 5 nitrogen and oxygen atoms in total. The van der Waals surface area contributed by atoms with Gasteiger partial charge in [0.25, 0.3) is 0 Å². The highest BCUT2D eigenvalue weighted by Gasteiger charge is 2.42. The topological polar surface area (TPSA) is 43.2 Å². The minimum absolute atomic E-state index is 0.0330. The Labute approximate surface area is 216 Å². The Hall–Kier alpha value is -1.97. The van der Waals surface area contributed by atoms with E-state index in [1.165, 1.54) is 0 Å². The molecule has 4 atom stereocenters. The molecule has 2 aliphatic carbocycles. The summed E-state index contributed by atoms with van der Waals surface area (Å²) in [5.74, 6) is 0.0534. The maximum absolute atomic E-state index is 13.2. The zero-order valence-corrected chi connectivity index (χ0v) is 21.4. The van der Waals surface area contributed by atoms with Crippen molar-refractivity contribution in [3.63, 3.8) is 0 Å². The second-order valence-corrected chi connectivity index (χ2v) is 11.3. The molecule has 5 rings (SSSR count). The Morgan fingerprint density at radius 3 is 2.51 bits per heavy atom. The average molecular weight is 528 g/mol. The number of allylic oxidation sites excluding steroid dienone is 1. The van der Waals surface area contributed by atoms with Crippen molar-refractivity contribution in [2.24, 2.45) is 27.7 Å². The van der Waals surface area contributed by atoms with Gasteiger partial charge >= 0.3 is 6.18 Å². The maximum Gasteiger partial charge on any atom is 0.391 e. The van der Waals surface area contributed by atoms with Crippen LogP contribution in [-0.2, 0) is 0 Å². The number of alkyl halides is 5. The first-order valence-corrected chi connectivity index (χ1v) is 13.8. The van der Waals surface area contributed by atoms with Crippen LogP contribution in [0.3, 0.4) is 0 Å². The van der Waals surface area contributed by atoms with Crippen LogP contribution < -0.4 is 5.32 Å². The molecule has 0 bridgehead atoms. The molecule has 3 fully saturated rings. The Morgan fingerprint density at radius 2 is 1.78 bits per heavy atom. The van der Waals surface area contributed by atoms with E-state index < -0.39 is 24.4 Å². The van der Waals surface area contributed by atoms with Crippen LogP contribution >= 0.6 is 0 Å². The van der Waals surface area contributed by atoms with E-state index in [4.69, 9.17) is 9.98 Å². The Kier molecular flexibility index (Phi) is 7.93. The molecule has 10 heteroatoms. The lowest BCUT2D eigenvalue weighted by Crippen LogP contribution is -2.42. The zero-order valence-electron chi connectivity index (χ0n) is 21.4. The molecular weight excluding hydrogens is 489 g/mol. The van der Waals surface area contributed by atoms with E-state index in [1.54, 1.807) is 0 Å². The van der Waals surface area contributed by atoms with Crippen LogP contribution in [0.5, 0.6) is 0 Å². The van der Waals surface area contributed by atoms with Crippen molar-refractivity contribution in [3.05, 3.63) is 23.9 Å². The molecule has 0 aromatic rings. The smallest absolute Gasteiger partial charge is 0.365 e. The van der Waals surface area contributed by atoms with Gasteiger partial charge in [0.1, 0.15) is 11.7 Å². The fraction of sp³-hybridized carbons (Fsp3) is 0.778. The van der Waals surface area contributed by atoms with Crippen molar-refractivity contribution < 1.29 is 22.0 Å². The molecule has 0 radical (unpaired) electrons. The molecule has 1 N–H and O–H groups in total. The van der Waals surface area contributed by atoms with E-state index in [-0.39, 0.29) is 36.9 Å². The monoisotopic (exact) mass is 527 g/mol. The predicted molar refractivity (Wildman–Crippen MR) is 135 cm³/mol. The van der Waals surface area contributed by atoms with Gasteiger partial charge in [-0.2, -0.15) is 13.2 Å². The summed E-state index contributed by atoms with van der Waals surface area (Å²) in [7, 11) is 0. The van der Waals surface area contributed by atoms with Crippen molar-refractivity contribution in [3.8, 4) is 0 Å². The molecule has 0 aromatic heterocycles. The van der Waals surface area contributed by atoms with Crippen LogP contribution in [0.15, 0.2) is 33.9 Å². The number of hydrogen-bond acceptors (Lipinski definition) is 5. The summed E-state index contributed by atoms with van der Waals surface area (Å²) in [5, 5.41) is 3.42. The van der Waals surface area contributed by atoms with Gasteiger partial charge < -0.3 is 10.2 Å². The standard InChI is InChI=1S/C27H38F5N5/c1-17-3-10-24(33-16-21(17)26-34-22-9-4-18(25(28)29)15-23(22)35-26)37-12-2-11-36(13-14-37)20-7-5-19(6-8-20)27(30,31)32/h3,10,16-20,22-23,25H,2,4-9,11-15H2,1H3,(H,34,35). The molecule has 5 aliphatic rings. The molecule has 0 spiro atoms. The largest absolute Gasteiger partial charge is 0.391 e. The summed E-state index contributed by atoms with van der Waals surface area (Å²) in [4.78, 5) is 14.3. The van der Waals surface area contributed by atoms with E-state index in [1.807, 2.05) is 12.3 Å². The molecule has 3 heterocycles. The molecule has 2 saturated carbocycles. The van der Waals surface area contributed by atoms with Crippen molar-refractivity contribution in [2.45, 2.75) is 89.0 Å². The minimum Gasteiger partial charge on any atom is -0.365 e. The number of fused-ring (bicyclic) bond motifs is 1. The minimum atomic E-state index is -4.07. The van der Waals surface area contributed by atoms with Crippen molar-refractivity contribution >= 4 is 11.7 Å². The summed E-state index contributed by atoms with van der Waals surface area (Å²) in [6.07, 6.45) is 3.98. The third kappa shape index (κ3) is 6.04. The van der Waals surface area contributed by atoms with Gasteiger partial charge in [0, 0.05) is 55.8 Å². The van der Waals surface area contributed by atoms with Crippen LogP contribution in [0.1, 0.15) is 58.3 Å². The normalized spacial score (nSPS) is 35.8. The van der Waals surface area contributed by atoms with Gasteiger partial charge in [-0.25, -0.2) is 13.8 Å². The number of halogens is 5. The van der Waals surface area contributed by atoms with Crippen LogP contribution in [-0.4, -0.2) is 78.4 Å². The number of nitrogens with one attached hydrogen (secondary N) is 1. The van der Waals surface area contributed by atoms with E-state index in [2.05, 4.69) is 28.1 Å². The molecule has 3 aliphatic heterocycles. The molecule has 0 amide bonds. The SMILES string of the molecule is CC1C=CC(N2CCCN(C3CCC(C(F)(F)F)CC3)CC2)=NC=C1C1=NC2CCC(C(F)F)CC2N1. The third-order valence-corrected chi connectivity index (χ3v) is 8.99. The summed E-state index contributed by atoms with van der Waals surface area (Å²) >= 11 is 0. The van der Waals surface area contributed by atoms with Gasteiger partial charge in [0.2, 0.25) is 6.43 Å². The molecule has 0 aromatic carbocycles. The lowest BCUT2D eigenvalue weighted by Gasteiger charge is -2.36. The third-order valence-electron chi connectivity index (χ3n) is 8.99. The van der Waals surface area contributed by atoms with Crippen LogP contribution in [0, 0.1) is 17.8 Å². The second-order valence-electron chi connectivity index (χ2n) is 11.3. The van der Waals surface area contributed by atoms with Crippen LogP contribution in [0.2, 0.25) is 0 Å². The van der Waals surface area contributed by atoms with Gasteiger partial charge in [-0.1, -0.05) is 13.0 Å². The van der Waals surface area contributed by atoms with E-state index >= 15 is 0 Å². The van der Waals surface area contributed by atoms with Gasteiger partial charge in [-0.3, -0.25) is 9.89 Å². The van der Waals surface area contributed by atoms with Crippen molar-refractivity contribution in [1.82, 2.24) is 15.1 Å². The van der Waals surface area contributed by atoms with Crippen molar-refractivity contribution in [2.75, 3.05) is 26.2 Å². The Balaban J connectivity index is 1.20. The first kappa shape index (κ1) is 26.6. The van der Waals surface area contributed by atoms with Gasteiger partial charge in [-0.15, -0.1) is 0 Å². The average Bonchev–Trinajstić information content (AvgIpc) is 3.00. The van der Waals surface area contributed by atoms with Crippen molar-refractivity contribution in [1.29, 1.82) is 0 Å². The second kappa shape index (κ2) is 11.0. The number of rotatable bonds is 3. The first-order valence-electron chi connectivity index (χ1n) is 13.8. The highest BCUT2D eigenvalue weighted by molar-refractivity contribution is 6.02. The maximum atomic E-state index is 13.2. The van der Waals surface area contributed by atoms with E-state index in [9.17, 15) is 22.0 Å². The molecule has 1 saturated heterocycles. The van der Waals surface area contributed by atoms with Crippen LogP contribution in [0.25, 0.3) is 0 Å². The molecule has 206 valence electrons. The van der Waals surface area contributed by atoms with Gasteiger partial charge in [0.15, 0.2) is 0 Å². The number of amidine groups is 2. The Morgan fingerprint density at radius 1 is 1.00 bits per heavy atom. The lowest BCUT2D eigenvalue weighted by atomic mass is 9.83. The summed E-state index contributed by atoms with van der Waals surface area (Å²) in [5.41, 5.74) is 0.979. The first-order chi connectivity index (χ1) is 17.7. The molecule has 4 unspecified atom stereocenters. The Bertz CT molecular complexity index is 934. The lowest BCUT2D eigenvalue weighted by molar-refractivity contribution is -0.184. The molecule has 37 heavy (non-hydrogen) atoms. The fourth-order valence-corrected chi connectivity index (χ4v) is 6.66. The van der Waals surface area contributed by atoms with Crippen LogP contribution in [0.4, 0.5) is 22.0 Å². The molecular formula is C27H38F5N5. The summed E-state index contributed by atoms with van der Waals surface area (Å²) in [6, 6.07) is 0.252. The van der Waals surface area contributed by atoms with Gasteiger partial charge in [0.05, 0.1) is 18.0 Å². The number of hydrogen-bond donors (Lipinski definition) is 1.